The average Bonchev–Trinajstić information content (AvgIpc) is 2.66. The molecule has 0 radical (unpaired) electrons. The lowest BCUT2D eigenvalue weighted by atomic mass is 10.1. The van der Waals surface area contributed by atoms with Crippen molar-refractivity contribution in [2.24, 2.45) is 0 Å². The van der Waals surface area contributed by atoms with Gasteiger partial charge in [0.15, 0.2) is 0 Å². The number of halogens is 2. The fraction of sp³-hybridized carbons (Fsp3) is 0.316. The largest absolute Gasteiger partial charge is 0.399 e. The number of nitrogens with two attached hydrogens (primary N) is 1. The monoisotopic (exact) mass is 460 g/mol. The van der Waals surface area contributed by atoms with Gasteiger partial charge in [-0.15, -0.1) is 24.8 Å². The molecule has 0 unspecified atom stereocenters. The second-order valence-corrected chi connectivity index (χ2v) is 8.53. The van der Waals surface area contributed by atoms with Crippen LogP contribution in [0, 0.1) is 0 Å². The number of amides is 1. The quantitative estimate of drug-likeness (QED) is 0.664. The summed E-state index contributed by atoms with van der Waals surface area (Å²) in [5.41, 5.74) is 7.21. The molecule has 160 valence electrons. The second-order valence-electron chi connectivity index (χ2n) is 6.62. The van der Waals surface area contributed by atoms with Crippen molar-refractivity contribution in [3.8, 4) is 0 Å². The Labute approximate surface area is 184 Å². The fourth-order valence-electron chi connectivity index (χ4n) is 3.03. The van der Waals surface area contributed by atoms with Crippen molar-refractivity contribution in [2.45, 2.75) is 11.4 Å². The van der Waals surface area contributed by atoms with E-state index in [1.807, 2.05) is 7.05 Å². The summed E-state index contributed by atoms with van der Waals surface area (Å²) in [6.45, 7) is 2.45. The van der Waals surface area contributed by atoms with Crippen LogP contribution >= 0.6 is 24.8 Å². The predicted octanol–water partition coefficient (Wildman–Crippen LogP) is 1.98. The highest BCUT2D eigenvalue weighted by Crippen LogP contribution is 2.21. The van der Waals surface area contributed by atoms with Crippen LogP contribution in [0.1, 0.15) is 15.9 Å². The molecule has 1 saturated heterocycles. The van der Waals surface area contributed by atoms with E-state index in [-0.39, 0.29) is 42.2 Å². The smallest absolute Gasteiger partial charge is 0.251 e. The minimum atomic E-state index is -3.60. The SMILES string of the molecule is CN1CCN(S(=O)(=O)c2ccccc2CNC(=O)c2cccc(N)c2)CC1.Cl.Cl. The maximum atomic E-state index is 13.1. The predicted molar refractivity (Wildman–Crippen MR) is 119 cm³/mol. The van der Waals surface area contributed by atoms with Crippen molar-refractivity contribution in [3.63, 3.8) is 0 Å². The van der Waals surface area contributed by atoms with E-state index in [9.17, 15) is 13.2 Å². The van der Waals surface area contributed by atoms with Gasteiger partial charge in [-0.25, -0.2) is 8.42 Å². The number of anilines is 1. The summed E-state index contributed by atoms with van der Waals surface area (Å²) in [7, 11) is -1.62. The number of carbonyl (C=O) groups is 1. The minimum absolute atomic E-state index is 0. The van der Waals surface area contributed by atoms with E-state index in [1.165, 1.54) is 4.31 Å². The van der Waals surface area contributed by atoms with Crippen molar-refractivity contribution in [1.82, 2.24) is 14.5 Å². The van der Waals surface area contributed by atoms with Gasteiger partial charge in [-0.3, -0.25) is 4.79 Å². The molecule has 7 nitrogen and oxygen atoms in total. The Morgan fingerprint density at radius 3 is 2.34 bits per heavy atom. The first-order chi connectivity index (χ1) is 12.9. The number of sulfonamides is 1. The lowest BCUT2D eigenvalue weighted by molar-refractivity contribution is 0.0950. The molecule has 3 N–H and O–H groups in total. The van der Waals surface area contributed by atoms with Crippen molar-refractivity contribution >= 4 is 46.4 Å². The number of likely N-dealkylation sites (N-methyl/N-ethyl adjacent to an activating group) is 1. The maximum absolute atomic E-state index is 13.1. The normalized spacial score (nSPS) is 15.1. The van der Waals surface area contributed by atoms with Crippen LogP contribution in [0.25, 0.3) is 0 Å². The van der Waals surface area contributed by atoms with Crippen LogP contribution in [0.15, 0.2) is 53.4 Å². The molecule has 0 aliphatic carbocycles. The number of hydrogen-bond donors (Lipinski definition) is 2. The first kappa shape index (κ1) is 25.2. The van der Waals surface area contributed by atoms with Gasteiger partial charge in [0.25, 0.3) is 5.91 Å². The standard InChI is InChI=1S/C19H24N4O3S.2ClH/c1-22-9-11-23(12-10-22)27(25,26)18-8-3-2-5-16(18)14-21-19(24)15-6-4-7-17(20)13-15;;/h2-8,13H,9-12,14,20H2,1H3,(H,21,24);2*1H. The Morgan fingerprint density at radius 1 is 1.03 bits per heavy atom. The van der Waals surface area contributed by atoms with E-state index in [2.05, 4.69) is 10.2 Å². The van der Waals surface area contributed by atoms with Crippen LogP contribution in [0.5, 0.6) is 0 Å². The number of rotatable bonds is 5. The first-order valence-electron chi connectivity index (χ1n) is 8.78. The summed E-state index contributed by atoms with van der Waals surface area (Å²) in [4.78, 5) is 14.7. The molecule has 1 aliphatic heterocycles. The molecular formula is C19H26Cl2N4O3S. The zero-order valence-electron chi connectivity index (χ0n) is 16.1. The fourth-order valence-corrected chi connectivity index (χ4v) is 4.67. The molecule has 0 aromatic heterocycles. The molecule has 1 amide bonds. The van der Waals surface area contributed by atoms with E-state index in [1.54, 1.807) is 48.5 Å². The van der Waals surface area contributed by atoms with Crippen molar-refractivity contribution < 1.29 is 13.2 Å². The third-order valence-corrected chi connectivity index (χ3v) is 6.64. The molecular weight excluding hydrogens is 435 g/mol. The Hall–Kier alpha value is -1.84. The zero-order chi connectivity index (χ0) is 19.4. The Kier molecular flexibility index (Phi) is 9.38. The minimum Gasteiger partial charge on any atom is -0.399 e. The lowest BCUT2D eigenvalue weighted by Crippen LogP contribution is -2.47. The topological polar surface area (TPSA) is 95.7 Å². The van der Waals surface area contributed by atoms with Crippen molar-refractivity contribution in [1.29, 1.82) is 0 Å². The number of carbonyl (C=O) groups excluding carboxylic acids is 1. The summed E-state index contributed by atoms with van der Waals surface area (Å²) < 4.78 is 27.6. The number of nitrogen functional groups attached to an aromatic ring is 1. The van der Waals surface area contributed by atoms with Crippen LogP contribution in [-0.4, -0.2) is 56.8 Å². The molecule has 0 saturated carbocycles. The highest BCUT2D eigenvalue weighted by Gasteiger charge is 2.29. The Balaban J connectivity index is 0.00000210. The summed E-state index contributed by atoms with van der Waals surface area (Å²) >= 11 is 0. The molecule has 1 fully saturated rings. The summed E-state index contributed by atoms with van der Waals surface area (Å²) in [5.74, 6) is -0.297. The lowest BCUT2D eigenvalue weighted by Gasteiger charge is -2.32. The zero-order valence-corrected chi connectivity index (χ0v) is 18.5. The van der Waals surface area contributed by atoms with Gasteiger partial charge in [0.2, 0.25) is 10.0 Å². The average molecular weight is 461 g/mol. The summed E-state index contributed by atoms with van der Waals surface area (Å²) in [6.07, 6.45) is 0. The van der Waals surface area contributed by atoms with Gasteiger partial charge in [0.1, 0.15) is 0 Å². The molecule has 3 rings (SSSR count). The van der Waals surface area contributed by atoms with Crippen LogP contribution in [0.3, 0.4) is 0 Å². The molecule has 2 aromatic rings. The molecule has 1 aliphatic rings. The third-order valence-electron chi connectivity index (χ3n) is 4.64. The molecule has 10 heteroatoms. The highest BCUT2D eigenvalue weighted by atomic mass is 35.5. The number of benzene rings is 2. The van der Waals surface area contributed by atoms with E-state index >= 15 is 0 Å². The molecule has 0 bridgehead atoms. The number of nitrogens with one attached hydrogen (secondary N) is 1. The molecule has 2 aromatic carbocycles. The Morgan fingerprint density at radius 2 is 1.69 bits per heavy atom. The first-order valence-corrected chi connectivity index (χ1v) is 10.2. The number of nitrogens with zero attached hydrogens (tertiary/aromatic N) is 2. The van der Waals surface area contributed by atoms with Gasteiger partial charge in [-0.2, -0.15) is 4.31 Å². The van der Waals surface area contributed by atoms with Crippen LogP contribution < -0.4 is 11.1 Å². The summed E-state index contributed by atoms with van der Waals surface area (Å²) in [6, 6.07) is 13.4. The van der Waals surface area contributed by atoms with Gasteiger partial charge < -0.3 is 16.0 Å². The van der Waals surface area contributed by atoms with E-state index in [0.29, 0.717) is 43.0 Å². The van der Waals surface area contributed by atoms with E-state index < -0.39 is 10.0 Å². The van der Waals surface area contributed by atoms with Crippen molar-refractivity contribution in [3.05, 3.63) is 59.7 Å². The number of piperazine rings is 1. The van der Waals surface area contributed by atoms with Gasteiger partial charge in [0.05, 0.1) is 4.90 Å². The molecule has 29 heavy (non-hydrogen) atoms. The van der Waals surface area contributed by atoms with Crippen molar-refractivity contribution in [2.75, 3.05) is 39.0 Å². The second kappa shape index (κ2) is 10.8. The van der Waals surface area contributed by atoms with Crippen LogP contribution in [0.4, 0.5) is 5.69 Å². The van der Waals surface area contributed by atoms with Gasteiger partial charge in [0, 0.05) is 44.0 Å². The van der Waals surface area contributed by atoms with Gasteiger partial charge in [-0.1, -0.05) is 24.3 Å². The number of hydrogen-bond acceptors (Lipinski definition) is 5. The molecule has 1 heterocycles. The highest BCUT2D eigenvalue weighted by molar-refractivity contribution is 7.89. The van der Waals surface area contributed by atoms with Gasteiger partial charge in [-0.05, 0) is 36.9 Å². The molecule has 0 atom stereocenters. The summed E-state index contributed by atoms with van der Waals surface area (Å²) in [5, 5.41) is 2.78. The van der Waals surface area contributed by atoms with Crippen LogP contribution in [0.2, 0.25) is 0 Å². The van der Waals surface area contributed by atoms with Gasteiger partial charge >= 0.3 is 0 Å². The molecule has 0 spiro atoms. The maximum Gasteiger partial charge on any atom is 0.251 e. The third kappa shape index (κ3) is 6.07. The Bertz CT molecular complexity index is 933. The van der Waals surface area contributed by atoms with E-state index in [0.717, 1.165) is 0 Å². The van der Waals surface area contributed by atoms with E-state index in [4.69, 9.17) is 5.73 Å². The van der Waals surface area contributed by atoms with Crippen LogP contribution in [-0.2, 0) is 16.6 Å².